The van der Waals surface area contributed by atoms with Gasteiger partial charge in [-0.25, -0.2) is 0 Å². The van der Waals surface area contributed by atoms with Crippen LogP contribution in [0.2, 0.25) is 0 Å². The molecule has 0 aromatic carbocycles. The predicted molar refractivity (Wildman–Crippen MR) is 78.8 cm³/mol. The van der Waals surface area contributed by atoms with Gasteiger partial charge in [-0.1, -0.05) is 36.7 Å². The Balaban J connectivity index is 1.90. The van der Waals surface area contributed by atoms with Gasteiger partial charge in [0.15, 0.2) is 0 Å². The van der Waals surface area contributed by atoms with E-state index in [0.29, 0.717) is 23.3 Å². The number of carbonyl (C=O) groups is 1. The maximum absolute atomic E-state index is 12.0. The van der Waals surface area contributed by atoms with Gasteiger partial charge in [-0.3, -0.25) is 4.79 Å². The third-order valence-electron chi connectivity index (χ3n) is 5.92. The van der Waals surface area contributed by atoms with Gasteiger partial charge in [0.1, 0.15) is 0 Å². The predicted octanol–water partition coefficient (Wildman–Crippen LogP) is 3.88. The van der Waals surface area contributed by atoms with Crippen molar-refractivity contribution >= 4 is 21.8 Å². The van der Waals surface area contributed by atoms with Crippen LogP contribution in [0.5, 0.6) is 0 Å². The minimum Gasteiger partial charge on any atom is -0.353 e. The van der Waals surface area contributed by atoms with E-state index in [1.165, 1.54) is 19.3 Å². The molecule has 2 aliphatic carbocycles. The Hall–Kier alpha value is -0.0500. The lowest BCUT2D eigenvalue weighted by atomic mass is 9.69. The Kier molecular flexibility index (Phi) is 4.10. The van der Waals surface area contributed by atoms with E-state index in [-0.39, 0.29) is 5.91 Å². The largest absolute Gasteiger partial charge is 0.353 e. The van der Waals surface area contributed by atoms with Crippen molar-refractivity contribution in [2.45, 2.75) is 65.3 Å². The lowest BCUT2D eigenvalue weighted by Crippen LogP contribution is -2.46. The number of unbranched alkanes of at least 4 members (excludes halogenated alkanes) is 1. The normalized spacial score (nSPS) is 36.9. The monoisotopic (exact) mass is 315 g/mol. The molecule has 2 nitrogen and oxygen atoms in total. The third-order valence-corrected chi connectivity index (χ3v) is 6.48. The average molecular weight is 316 g/mol. The van der Waals surface area contributed by atoms with Gasteiger partial charge in [0.25, 0.3) is 0 Å². The van der Waals surface area contributed by atoms with Crippen molar-refractivity contribution < 1.29 is 4.79 Å². The highest BCUT2D eigenvalue weighted by molar-refractivity contribution is 9.09. The van der Waals surface area contributed by atoms with Crippen LogP contribution >= 0.6 is 15.9 Å². The Morgan fingerprint density at radius 3 is 2.56 bits per heavy atom. The van der Waals surface area contributed by atoms with E-state index in [0.717, 1.165) is 24.1 Å². The van der Waals surface area contributed by atoms with E-state index in [1.54, 1.807) is 0 Å². The summed E-state index contributed by atoms with van der Waals surface area (Å²) in [6.07, 6.45) is 6.57. The summed E-state index contributed by atoms with van der Waals surface area (Å²) < 4.78 is 0. The van der Waals surface area contributed by atoms with Crippen LogP contribution in [0.3, 0.4) is 0 Å². The quantitative estimate of drug-likeness (QED) is 0.605. The second kappa shape index (κ2) is 5.15. The summed E-state index contributed by atoms with van der Waals surface area (Å²) in [7, 11) is 0. The number of alkyl halides is 1. The van der Waals surface area contributed by atoms with Crippen LogP contribution in [0.1, 0.15) is 59.3 Å². The number of rotatable bonds is 5. The van der Waals surface area contributed by atoms with Crippen LogP contribution in [-0.4, -0.2) is 17.3 Å². The van der Waals surface area contributed by atoms with Crippen LogP contribution in [0.4, 0.5) is 0 Å². The molecule has 0 aromatic rings. The molecule has 0 aliphatic heterocycles. The van der Waals surface area contributed by atoms with Crippen molar-refractivity contribution in [2.75, 3.05) is 5.33 Å². The highest BCUT2D eigenvalue weighted by Crippen LogP contribution is 2.65. The van der Waals surface area contributed by atoms with Crippen molar-refractivity contribution in [3.63, 3.8) is 0 Å². The van der Waals surface area contributed by atoms with E-state index < -0.39 is 0 Å². The van der Waals surface area contributed by atoms with Crippen molar-refractivity contribution in [2.24, 2.45) is 16.7 Å². The third kappa shape index (κ3) is 2.23. The Morgan fingerprint density at radius 1 is 1.33 bits per heavy atom. The smallest absolute Gasteiger partial charge is 0.220 e. The van der Waals surface area contributed by atoms with Crippen LogP contribution in [0.15, 0.2) is 0 Å². The van der Waals surface area contributed by atoms with Crippen LogP contribution in [0.25, 0.3) is 0 Å². The average Bonchev–Trinajstić information content (AvgIpc) is 2.62. The number of hydrogen-bond donors (Lipinski definition) is 1. The summed E-state index contributed by atoms with van der Waals surface area (Å²) >= 11 is 3.41. The molecule has 0 aromatic heterocycles. The molecule has 104 valence electrons. The highest BCUT2D eigenvalue weighted by atomic mass is 79.9. The number of carbonyl (C=O) groups excluding carboxylic acids is 1. The molecule has 18 heavy (non-hydrogen) atoms. The standard InChI is InChI=1S/C15H26BrNO/c1-14(2)11-7-8-15(14,3)12(10-11)17-13(18)6-4-5-9-16/h11-12H,4-10H2,1-3H3,(H,17,18). The number of amides is 1. The van der Waals surface area contributed by atoms with Crippen molar-refractivity contribution in [1.82, 2.24) is 5.32 Å². The molecule has 3 heteroatoms. The van der Waals surface area contributed by atoms with Gasteiger partial charge in [-0.2, -0.15) is 0 Å². The zero-order chi connectivity index (χ0) is 13.4. The van der Waals surface area contributed by atoms with Crippen molar-refractivity contribution in [3.8, 4) is 0 Å². The number of halogens is 1. The molecule has 2 saturated carbocycles. The molecule has 1 amide bonds. The summed E-state index contributed by atoms with van der Waals surface area (Å²) in [5.41, 5.74) is 0.698. The maximum Gasteiger partial charge on any atom is 0.220 e. The minimum atomic E-state index is 0.255. The summed E-state index contributed by atoms with van der Waals surface area (Å²) in [5, 5.41) is 4.31. The molecule has 2 bridgehead atoms. The van der Waals surface area contributed by atoms with Crippen LogP contribution in [-0.2, 0) is 4.79 Å². The second-order valence-electron chi connectivity index (χ2n) is 6.88. The molecule has 2 fully saturated rings. The van der Waals surface area contributed by atoms with Gasteiger partial charge in [0.05, 0.1) is 0 Å². The van der Waals surface area contributed by atoms with E-state index in [9.17, 15) is 4.79 Å². The molecule has 0 radical (unpaired) electrons. The van der Waals surface area contributed by atoms with Gasteiger partial charge in [-0.05, 0) is 48.9 Å². The first-order valence-electron chi connectivity index (χ1n) is 7.27. The molecular weight excluding hydrogens is 290 g/mol. The molecule has 3 atom stereocenters. The summed E-state index contributed by atoms with van der Waals surface area (Å²) in [6.45, 7) is 7.16. The van der Waals surface area contributed by atoms with Gasteiger partial charge < -0.3 is 5.32 Å². The van der Waals surface area contributed by atoms with E-state index in [2.05, 4.69) is 42.0 Å². The lowest BCUT2D eigenvalue weighted by Gasteiger charge is -2.39. The van der Waals surface area contributed by atoms with Gasteiger partial charge in [0.2, 0.25) is 5.91 Å². The van der Waals surface area contributed by atoms with Gasteiger partial charge >= 0.3 is 0 Å². The first-order valence-corrected chi connectivity index (χ1v) is 8.39. The topological polar surface area (TPSA) is 29.1 Å². The molecule has 2 rings (SSSR count). The number of hydrogen-bond acceptors (Lipinski definition) is 1. The number of nitrogens with one attached hydrogen (secondary N) is 1. The highest BCUT2D eigenvalue weighted by Gasteiger charge is 2.61. The van der Waals surface area contributed by atoms with Gasteiger partial charge in [0, 0.05) is 17.8 Å². The minimum absolute atomic E-state index is 0.255. The molecule has 0 heterocycles. The Bertz CT molecular complexity index is 328. The molecule has 0 saturated heterocycles. The fourth-order valence-corrected chi connectivity index (χ4v) is 4.47. The fraction of sp³-hybridized carbons (Fsp3) is 0.933. The molecule has 3 unspecified atom stereocenters. The number of fused-ring (bicyclic) bond motifs is 2. The molecular formula is C15H26BrNO. The second-order valence-corrected chi connectivity index (χ2v) is 7.67. The molecule has 2 aliphatic rings. The molecule has 1 N–H and O–H groups in total. The van der Waals surface area contributed by atoms with Crippen molar-refractivity contribution in [1.29, 1.82) is 0 Å². The lowest BCUT2D eigenvalue weighted by molar-refractivity contribution is -0.122. The van der Waals surface area contributed by atoms with E-state index >= 15 is 0 Å². The van der Waals surface area contributed by atoms with Crippen molar-refractivity contribution in [3.05, 3.63) is 0 Å². The summed E-state index contributed by atoms with van der Waals surface area (Å²) in [6, 6.07) is 0.405. The fourth-order valence-electron chi connectivity index (χ4n) is 4.07. The van der Waals surface area contributed by atoms with E-state index in [1.807, 2.05) is 0 Å². The first kappa shape index (κ1) is 14.4. The Labute approximate surface area is 119 Å². The maximum atomic E-state index is 12.0. The summed E-state index contributed by atoms with van der Waals surface area (Å²) in [4.78, 5) is 12.0. The first-order chi connectivity index (χ1) is 8.41. The van der Waals surface area contributed by atoms with Gasteiger partial charge in [-0.15, -0.1) is 0 Å². The SMILES string of the molecule is CC1(C)C2CCC1(C)C(NC(=O)CCCCBr)C2. The van der Waals surface area contributed by atoms with Crippen LogP contribution < -0.4 is 5.32 Å². The Morgan fingerprint density at radius 2 is 2.06 bits per heavy atom. The zero-order valence-corrected chi connectivity index (χ0v) is 13.5. The zero-order valence-electron chi connectivity index (χ0n) is 11.9. The molecule has 0 spiro atoms. The van der Waals surface area contributed by atoms with E-state index in [4.69, 9.17) is 0 Å². The van der Waals surface area contributed by atoms with Crippen LogP contribution in [0, 0.1) is 16.7 Å². The summed E-state index contributed by atoms with van der Waals surface area (Å²) in [5.74, 6) is 1.06.